The molecule has 7 heteroatoms. The van der Waals surface area contributed by atoms with Gasteiger partial charge in [0, 0.05) is 11.9 Å². The molecule has 1 aromatic carbocycles. The molecule has 0 bridgehead atoms. The highest BCUT2D eigenvalue weighted by molar-refractivity contribution is 7.90. The number of aryl methyl sites for hydroxylation is 2. The van der Waals surface area contributed by atoms with E-state index in [1.165, 1.54) is 6.26 Å². The summed E-state index contributed by atoms with van der Waals surface area (Å²) >= 11 is 0. The van der Waals surface area contributed by atoms with Crippen LogP contribution >= 0.6 is 0 Å². The van der Waals surface area contributed by atoms with Crippen LogP contribution in [0.4, 0.5) is 5.69 Å². The Morgan fingerprint density at radius 2 is 2.05 bits per heavy atom. The van der Waals surface area contributed by atoms with Gasteiger partial charge in [-0.05, 0) is 31.5 Å². The second kappa shape index (κ2) is 5.00. The van der Waals surface area contributed by atoms with E-state index >= 15 is 0 Å². The van der Waals surface area contributed by atoms with Gasteiger partial charge < -0.3 is 9.84 Å². The lowest BCUT2D eigenvalue weighted by Crippen LogP contribution is -2.04. The molecule has 1 aromatic heterocycles. The average Bonchev–Trinajstić information content (AvgIpc) is 2.72. The van der Waals surface area contributed by atoms with E-state index in [2.05, 4.69) is 15.5 Å². The first kappa shape index (κ1) is 13.5. The molecular weight excluding hydrogens is 266 g/mol. The average molecular weight is 281 g/mol. The summed E-state index contributed by atoms with van der Waals surface area (Å²) in [5.41, 5.74) is 1.68. The van der Waals surface area contributed by atoms with E-state index in [-0.39, 0.29) is 4.90 Å². The van der Waals surface area contributed by atoms with E-state index in [9.17, 15) is 8.42 Å². The van der Waals surface area contributed by atoms with E-state index in [0.717, 1.165) is 11.3 Å². The minimum atomic E-state index is -3.21. The number of hydrogen-bond acceptors (Lipinski definition) is 6. The van der Waals surface area contributed by atoms with Crippen LogP contribution in [0, 0.1) is 13.8 Å². The first-order valence-electron chi connectivity index (χ1n) is 5.70. The Morgan fingerprint density at radius 1 is 1.32 bits per heavy atom. The first-order chi connectivity index (χ1) is 8.86. The second-order valence-corrected chi connectivity index (χ2v) is 6.35. The van der Waals surface area contributed by atoms with E-state index in [1.807, 2.05) is 6.92 Å². The predicted octanol–water partition coefficient (Wildman–Crippen LogP) is 1.70. The molecule has 0 saturated heterocycles. The van der Waals surface area contributed by atoms with Gasteiger partial charge in [0.2, 0.25) is 5.89 Å². The summed E-state index contributed by atoms with van der Waals surface area (Å²) in [5, 5.41) is 6.78. The lowest BCUT2D eigenvalue weighted by atomic mass is 10.2. The summed E-state index contributed by atoms with van der Waals surface area (Å²) in [6, 6.07) is 4.96. The molecule has 0 aliphatic rings. The summed E-state index contributed by atoms with van der Waals surface area (Å²) in [4.78, 5) is 4.35. The smallest absolute Gasteiger partial charge is 0.245 e. The van der Waals surface area contributed by atoms with Crippen LogP contribution in [-0.4, -0.2) is 24.8 Å². The number of aromatic nitrogens is 2. The molecule has 19 heavy (non-hydrogen) atoms. The van der Waals surface area contributed by atoms with Crippen molar-refractivity contribution < 1.29 is 12.9 Å². The molecule has 6 nitrogen and oxygen atoms in total. The zero-order valence-electron chi connectivity index (χ0n) is 11.0. The van der Waals surface area contributed by atoms with Gasteiger partial charge in [0.25, 0.3) is 0 Å². The van der Waals surface area contributed by atoms with Crippen molar-refractivity contribution in [3.05, 3.63) is 35.5 Å². The minimum absolute atomic E-state index is 0.280. The molecule has 0 radical (unpaired) electrons. The maximum atomic E-state index is 11.5. The van der Waals surface area contributed by atoms with Gasteiger partial charge in [-0.15, -0.1) is 0 Å². The highest BCUT2D eigenvalue weighted by Gasteiger charge is 2.10. The van der Waals surface area contributed by atoms with Gasteiger partial charge in [-0.3, -0.25) is 0 Å². The Morgan fingerprint density at radius 3 is 2.63 bits per heavy atom. The first-order valence-corrected chi connectivity index (χ1v) is 7.59. The molecule has 2 rings (SSSR count). The molecule has 0 aliphatic carbocycles. The van der Waals surface area contributed by atoms with Gasteiger partial charge >= 0.3 is 0 Å². The van der Waals surface area contributed by atoms with Gasteiger partial charge in [-0.25, -0.2) is 8.42 Å². The van der Waals surface area contributed by atoms with E-state index < -0.39 is 9.84 Å². The minimum Gasteiger partial charge on any atom is -0.376 e. The Labute approximate surface area is 111 Å². The van der Waals surface area contributed by atoms with Crippen LogP contribution in [0.2, 0.25) is 0 Å². The maximum absolute atomic E-state index is 11.5. The molecule has 1 N–H and O–H groups in total. The third-order valence-electron chi connectivity index (χ3n) is 2.64. The van der Waals surface area contributed by atoms with Crippen molar-refractivity contribution in [1.29, 1.82) is 0 Å². The molecule has 0 spiro atoms. The van der Waals surface area contributed by atoms with E-state index in [1.54, 1.807) is 25.1 Å². The number of nitrogens with zero attached hydrogens (tertiary/aromatic N) is 2. The second-order valence-electron chi connectivity index (χ2n) is 4.34. The maximum Gasteiger partial charge on any atom is 0.245 e. The zero-order chi connectivity index (χ0) is 14.0. The lowest BCUT2D eigenvalue weighted by Gasteiger charge is -2.09. The van der Waals surface area contributed by atoms with Crippen molar-refractivity contribution in [1.82, 2.24) is 10.1 Å². The molecule has 0 fully saturated rings. The Kier molecular flexibility index (Phi) is 3.57. The molecule has 1 heterocycles. The summed E-state index contributed by atoms with van der Waals surface area (Å²) in [6.45, 7) is 3.99. The third kappa shape index (κ3) is 3.31. The van der Waals surface area contributed by atoms with Gasteiger partial charge in [0.15, 0.2) is 15.7 Å². The zero-order valence-corrected chi connectivity index (χ0v) is 11.8. The van der Waals surface area contributed by atoms with Crippen molar-refractivity contribution in [2.24, 2.45) is 0 Å². The van der Waals surface area contributed by atoms with Crippen LogP contribution in [0.5, 0.6) is 0 Å². The van der Waals surface area contributed by atoms with E-state index in [4.69, 9.17) is 4.52 Å². The Hall–Kier alpha value is -1.89. The van der Waals surface area contributed by atoms with Crippen LogP contribution in [0.15, 0.2) is 27.6 Å². The fourth-order valence-electron chi connectivity index (χ4n) is 1.60. The van der Waals surface area contributed by atoms with E-state index in [0.29, 0.717) is 18.3 Å². The van der Waals surface area contributed by atoms with Gasteiger partial charge in [0.1, 0.15) is 0 Å². The lowest BCUT2D eigenvalue weighted by molar-refractivity contribution is 0.379. The highest BCUT2D eigenvalue weighted by Crippen LogP contribution is 2.20. The summed E-state index contributed by atoms with van der Waals surface area (Å²) in [5.74, 6) is 1.03. The number of hydrogen-bond donors (Lipinski definition) is 1. The van der Waals surface area contributed by atoms with Crippen LogP contribution in [-0.2, 0) is 16.4 Å². The standard InChI is InChI=1S/C12H15N3O3S/c1-8-4-5-10(19(3,16)17)6-11(8)13-7-12-14-9(2)15-18-12/h4-6,13H,7H2,1-3H3. The predicted molar refractivity (Wildman–Crippen MR) is 70.7 cm³/mol. The molecule has 102 valence electrons. The van der Waals surface area contributed by atoms with Crippen molar-refractivity contribution in [2.45, 2.75) is 25.3 Å². The quantitative estimate of drug-likeness (QED) is 0.918. The SMILES string of the molecule is Cc1noc(CNc2cc(S(C)(=O)=O)ccc2C)n1. The van der Waals surface area contributed by atoms with Crippen LogP contribution in [0.25, 0.3) is 0 Å². The Bertz CT molecular complexity index is 692. The van der Waals surface area contributed by atoms with Crippen molar-refractivity contribution in [2.75, 3.05) is 11.6 Å². The molecular formula is C12H15N3O3S. The largest absolute Gasteiger partial charge is 0.376 e. The number of anilines is 1. The summed E-state index contributed by atoms with van der Waals surface area (Å²) in [6.07, 6.45) is 1.18. The Balaban J connectivity index is 2.20. The van der Waals surface area contributed by atoms with Crippen LogP contribution < -0.4 is 5.32 Å². The molecule has 0 saturated carbocycles. The molecule has 2 aromatic rings. The highest BCUT2D eigenvalue weighted by atomic mass is 32.2. The van der Waals surface area contributed by atoms with Crippen LogP contribution in [0.3, 0.4) is 0 Å². The number of benzene rings is 1. The number of nitrogens with one attached hydrogen (secondary N) is 1. The fourth-order valence-corrected chi connectivity index (χ4v) is 2.25. The molecule has 0 amide bonds. The van der Waals surface area contributed by atoms with Crippen molar-refractivity contribution >= 4 is 15.5 Å². The van der Waals surface area contributed by atoms with Crippen molar-refractivity contribution in [3.63, 3.8) is 0 Å². The van der Waals surface area contributed by atoms with Crippen LogP contribution in [0.1, 0.15) is 17.3 Å². The summed E-state index contributed by atoms with van der Waals surface area (Å²) < 4.78 is 28.0. The molecule has 0 unspecified atom stereocenters. The van der Waals surface area contributed by atoms with Gasteiger partial charge in [-0.1, -0.05) is 11.2 Å². The topological polar surface area (TPSA) is 85.1 Å². The number of sulfone groups is 1. The monoisotopic (exact) mass is 281 g/mol. The van der Waals surface area contributed by atoms with Gasteiger partial charge in [-0.2, -0.15) is 4.98 Å². The van der Waals surface area contributed by atoms with Crippen molar-refractivity contribution in [3.8, 4) is 0 Å². The normalized spacial score (nSPS) is 11.5. The fraction of sp³-hybridized carbons (Fsp3) is 0.333. The molecule has 0 aliphatic heterocycles. The molecule has 0 atom stereocenters. The number of rotatable bonds is 4. The summed E-state index contributed by atoms with van der Waals surface area (Å²) in [7, 11) is -3.21. The third-order valence-corrected chi connectivity index (χ3v) is 3.75. The van der Waals surface area contributed by atoms with Gasteiger partial charge in [0.05, 0.1) is 11.4 Å².